The predicted molar refractivity (Wildman–Crippen MR) is 79.8 cm³/mol. The molecule has 20 heavy (non-hydrogen) atoms. The Balaban J connectivity index is 2.41. The molecule has 1 unspecified atom stereocenters. The molecule has 6 heteroatoms. The number of nitrogens with two attached hydrogens (primary N) is 1. The van der Waals surface area contributed by atoms with Crippen LogP contribution in [0.25, 0.3) is 10.8 Å². The van der Waals surface area contributed by atoms with E-state index in [4.69, 9.17) is 5.73 Å². The molecule has 0 saturated carbocycles. The lowest BCUT2D eigenvalue weighted by molar-refractivity contribution is 0.447. The van der Waals surface area contributed by atoms with Crippen LogP contribution in [0.1, 0.15) is 13.3 Å². The van der Waals surface area contributed by atoms with Crippen molar-refractivity contribution >= 4 is 20.8 Å². The molecule has 0 spiro atoms. The highest BCUT2D eigenvalue weighted by molar-refractivity contribution is 7.89. The van der Waals surface area contributed by atoms with E-state index in [1.807, 2.05) is 13.0 Å². The smallest absolute Gasteiger partial charge is 0.243 e. The lowest BCUT2D eigenvalue weighted by atomic mass is 10.2. The van der Waals surface area contributed by atoms with Gasteiger partial charge in [-0.25, -0.2) is 12.7 Å². The summed E-state index contributed by atoms with van der Waals surface area (Å²) in [5.74, 6) is 0. The van der Waals surface area contributed by atoms with E-state index in [0.29, 0.717) is 23.2 Å². The third-order valence-corrected chi connectivity index (χ3v) is 5.14. The van der Waals surface area contributed by atoms with Crippen molar-refractivity contribution in [2.45, 2.75) is 24.3 Å². The van der Waals surface area contributed by atoms with Gasteiger partial charge in [0.15, 0.2) is 0 Å². The van der Waals surface area contributed by atoms with Crippen molar-refractivity contribution in [3.8, 4) is 0 Å². The summed E-state index contributed by atoms with van der Waals surface area (Å²) in [6.07, 6.45) is 3.89. The molecule has 2 rings (SSSR count). The van der Waals surface area contributed by atoms with Crippen LogP contribution in [0.15, 0.2) is 41.6 Å². The number of fused-ring (bicyclic) bond motifs is 1. The first-order valence-electron chi connectivity index (χ1n) is 6.47. The fourth-order valence-corrected chi connectivity index (χ4v) is 3.39. The molecule has 0 aliphatic rings. The van der Waals surface area contributed by atoms with Crippen LogP contribution in [0.5, 0.6) is 0 Å². The fourth-order valence-electron chi connectivity index (χ4n) is 1.99. The topological polar surface area (TPSA) is 76.3 Å². The van der Waals surface area contributed by atoms with Gasteiger partial charge in [0.1, 0.15) is 0 Å². The van der Waals surface area contributed by atoms with E-state index in [0.717, 1.165) is 5.39 Å². The van der Waals surface area contributed by atoms with Crippen molar-refractivity contribution in [3.05, 3.63) is 36.7 Å². The van der Waals surface area contributed by atoms with Gasteiger partial charge in [0.25, 0.3) is 0 Å². The van der Waals surface area contributed by atoms with Crippen LogP contribution >= 0.6 is 0 Å². The standard InChI is InChI=1S/C14H19N3O2S/c1-11(15)7-9-17(2)20(18,19)14-5-3-4-12-10-16-8-6-13(12)14/h3-6,8,10-11H,7,9,15H2,1-2H3. The second-order valence-electron chi connectivity index (χ2n) is 4.95. The van der Waals surface area contributed by atoms with Gasteiger partial charge in [-0.3, -0.25) is 4.98 Å². The van der Waals surface area contributed by atoms with E-state index in [1.165, 1.54) is 4.31 Å². The number of hydrogen-bond donors (Lipinski definition) is 1. The molecule has 0 amide bonds. The molecule has 1 aromatic heterocycles. The van der Waals surface area contributed by atoms with Crippen LogP contribution in [0.2, 0.25) is 0 Å². The van der Waals surface area contributed by atoms with E-state index in [9.17, 15) is 8.42 Å². The molecule has 0 bridgehead atoms. The number of aromatic nitrogens is 1. The lowest BCUT2D eigenvalue weighted by Crippen LogP contribution is -2.31. The van der Waals surface area contributed by atoms with Gasteiger partial charge in [0.05, 0.1) is 4.90 Å². The summed E-state index contributed by atoms with van der Waals surface area (Å²) in [6, 6.07) is 6.91. The molecule has 0 saturated heterocycles. The summed E-state index contributed by atoms with van der Waals surface area (Å²) in [5, 5.41) is 1.50. The number of benzene rings is 1. The normalized spacial score (nSPS) is 13.8. The van der Waals surface area contributed by atoms with Crippen molar-refractivity contribution in [1.29, 1.82) is 0 Å². The minimum atomic E-state index is -3.51. The molecule has 0 aliphatic heterocycles. The van der Waals surface area contributed by atoms with Crippen LogP contribution in [-0.2, 0) is 10.0 Å². The molecule has 0 aliphatic carbocycles. The van der Waals surface area contributed by atoms with E-state index >= 15 is 0 Å². The van der Waals surface area contributed by atoms with Gasteiger partial charge in [0.2, 0.25) is 10.0 Å². The largest absolute Gasteiger partial charge is 0.328 e. The maximum atomic E-state index is 12.6. The molecule has 5 nitrogen and oxygen atoms in total. The Kier molecular flexibility index (Phi) is 4.37. The summed E-state index contributed by atoms with van der Waals surface area (Å²) in [5.41, 5.74) is 5.68. The lowest BCUT2D eigenvalue weighted by Gasteiger charge is -2.19. The quantitative estimate of drug-likeness (QED) is 0.908. The van der Waals surface area contributed by atoms with Crippen LogP contribution in [0.4, 0.5) is 0 Å². The number of sulfonamides is 1. The van der Waals surface area contributed by atoms with Crippen LogP contribution in [-0.4, -0.2) is 37.3 Å². The van der Waals surface area contributed by atoms with Crippen molar-refractivity contribution in [3.63, 3.8) is 0 Å². The molecular weight excluding hydrogens is 274 g/mol. The Hall–Kier alpha value is -1.50. The van der Waals surface area contributed by atoms with E-state index in [1.54, 1.807) is 37.6 Å². The van der Waals surface area contributed by atoms with Gasteiger partial charge in [-0.1, -0.05) is 12.1 Å². The predicted octanol–water partition coefficient (Wildman–Crippen LogP) is 1.59. The van der Waals surface area contributed by atoms with E-state index < -0.39 is 10.0 Å². The summed E-state index contributed by atoms with van der Waals surface area (Å²) < 4.78 is 26.6. The van der Waals surface area contributed by atoms with Gasteiger partial charge < -0.3 is 5.73 Å². The zero-order chi connectivity index (χ0) is 14.8. The van der Waals surface area contributed by atoms with Crippen molar-refractivity contribution in [2.24, 2.45) is 5.73 Å². The molecule has 1 heterocycles. The van der Waals surface area contributed by atoms with Crippen molar-refractivity contribution in [2.75, 3.05) is 13.6 Å². The van der Waals surface area contributed by atoms with Crippen LogP contribution in [0, 0.1) is 0 Å². The van der Waals surface area contributed by atoms with Gasteiger partial charge in [-0.15, -0.1) is 0 Å². The SMILES string of the molecule is CC(N)CCN(C)S(=O)(=O)c1cccc2cnccc12. The number of rotatable bonds is 5. The Morgan fingerprint density at radius 3 is 2.80 bits per heavy atom. The third kappa shape index (κ3) is 2.98. The molecular formula is C14H19N3O2S. The van der Waals surface area contributed by atoms with Crippen LogP contribution in [0.3, 0.4) is 0 Å². The molecule has 1 aromatic carbocycles. The molecule has 1 atom stereocenters. The average Bonchev–Trinajstić information content (AvgIpc) is 2.43. The van der Waals surface area contributed by atoms with Gasteiger partial charge in [-0.2, -0.15) is 0 Å². The first-order chi connectivity index (χ1) is 9.43. The zero-order valence-corrected chi connectivity index (χ0v) is 12.5. The van der Waals surface area contributed by atoms with E-state index in [-0.39, 0.29) is 6.04 Å². The minimum absolute atomic E-state index is 0.0237. The summed E-state index contributed by atoms with van der Waals surface area (Å²) in [7, 11) is -1.93. The molecule has 0 fully saturated rings. The van der Waals surface area contributed by atoms with Gasteiger partial charge >= 0.3 is 0 Å². The van der Waals surface area contributed by atoms with Crippen LogP contribution < -0.4 is 5.73 Å². The third-order valence-electron chi connectivity index (χ3n) is 3.23. The summed E-state index contributed by atoms with van der Waals surface area (Å²) in [6.45, 7) is 2.27. The summed E-state index contributed by atoms with van der Waals surface area (Å²) in [4.78, 5) is 4.33. The Bertz CT molecular complexity index is 693. The zero-order valence-electron chi connectivity index (χ0n) is 11.7. The Morgan fingerprint density at radius 2 is 2.10 bits per heavy atom. The highest BCUT2D eigenvalue weighted by atomic mass is 32.2. The molecule has 0 radical (unpaired) electrons. The second kappa shape index (κ2) is 5.87. The maximum absolute atomic E-state index is 12.6. The average molecular weight is 293 g/mol. The Morgan fingerprint density at radius 1 is 1.35 bits per heavy atom. The monoisotopic (exact) mass is 293 g/mol. The first kappa shape index (κ1) is 14.9. The molecule has 2 N–H and O–H groups in total. The van der Waals surface area contributed by atoms with Gasteiger partial charge in [0, 0.05) is 42.8 Å². The molecule has 2 aromatic rings. The Labute approximate surface area is 119 Å². The van der Waals surface area contributed by atoms with Crippen molar-refractivity contribution in [1.82, 2.24) is 9.29 Å². The highest BCUT2D eigenvalue weighted by Crippen LogP contribution is 2.24. The number of pyridine rings is 1. The van der Waals surface area contributed by atoms with E-state index in [2.05, 4.69) is 4.98 Å². The second-order valence-corrected chi connectivity index (χ2v) is 6.96. The minimum Gasteiger partial charge on any atom is -0.328 e. The highest BCUT2D eigenvalue weighted by Gasteiger charge is 2.22. The number of hydrogen-bond acceptors (Lipinski definition) is 4. The maximum Gasteiger partial charge on any atom is 0.243 e. The first-order valence-corrected chi connectivity index (χ1v) is 7.91. The van der Waals surface area contributed by atoms with Gasteiger partial charge in [-0.05, 0) is 25.5 Å². The fraction of sp³-hybridized carbons (Fsp3) is 0.357. The van der Waals surface area contributed by atoms with Crippen molar-refractivity contribution < 1.29 is 8.42 Å². The molecule has 108 valence electrons. The number of nitrogens with zero attached hydrogens (tertiary/aromatic N) is 2. The summed E-state index contributed by atoms with van der Waals surface area (Å²) >= 11 is 0.